The summed E-state index contributed by atoms with van der Waals surface area (Å²) in [5.74, 6) is -0.0195. The molecule has 2 aliphatic heterocycles. The van der Waals surface area contributed by atoms with E-state index in [9.17, 15) is 9.59 Å². The monoisotopic (exact) mass is 396 g/mol. The maximum atomic E-state index is 13.1. The second-order valence-electron chi connectivity index (χ2n) is 7.96. The summed E-state index contributed by atoms with van der Waals surface area (Å²) in [7, 11) is 0. The lowest BCUT2D eigenvalue weighted by Gasteiger charge is -2.30. The minimum Gasteiger partial charge on any atom is -0.308 e. The maximum Gasteiger partial charge on any atom is 0.258 e. The number of amides is 2. The number of carbonyl (C=O) groups excluding carboxylic acids is 2. The average molecular weight is 396 g/mol. The molecule has 2 heterocycles. The number of nitrogens with zero attached hydrogens (tertiary/aromatic N) is 2. The molecule has 0 saturated heterocycles. The molecule has 2 aliphatic rings. The molecule has 30 heavy (non-hydrogen) atoms. The molecule has 0 N–H and O–H groups in total. The third-order valence-electron chi connectivity index (χ3n) is 6.09. The molecule has 4 nitrogen and oxygen atoms in total. The first-order valence-corrected chi connectivity index (χ1v) is 10.6. The molecule has 0 aliphatic carbocycles. The zero-order valence-electron chi connectivity index (χ0n) is 16.9. The highest BCUT2D eigenvalue weighted by Crippen LogP contribution is 2.30. The Bertz CT molecular complexity index is 1020. The van der Waals surface area contributed by atoms with E-state index in [-0.39, 0.29) is 11.8 Å². The summed E-state index contributed by atoms with van der Waals surface area (Å²) in [6.45, 7) is 1.45. The highest BCUT2D eigenvalue weighted by atomic mass is 16.2. The topological polar surface area (TPSA) is 40.6 Å². The van der Waals surface area contributed by atoms with Crippen molar-refractivity contribution in [1.29, 1.82) is 0 Å². The van der Waals surface area contributed by atoms with Crippen LogP contribution in [0, 0.1) is 0 Å². The van der Waals surface area contributed by atoms with E-state index < -0.39 is 0 Å². The number of rotatable bonds is 2. The molecule has 0 unspecified atom stereocenters. The Labute approximate surface area is 176 Å². The van der Waals surface area contributed by atoms with E-state index in [1.54, 1.807) is 24.3 Å². The Balaban J connectivity index is 1.38. The first-order valence-electron chi connectivity index (χ1n) is 10.6. The second kappa shape index (κ2) is 7.79. The van der Waals surface area contributed by atoms with Gasteiger partial charge < -0.3 is 9.80 Å². The van der Waals surface area contributed by atoms with Crippen LogP contribution < -0.4 is 9.80 Å². The molecular weight excluding hydrogens is 372 g/mol. The van der Waals surface area contributed by atoms with E-state index in [1.807, 2.05) is 46.2 Å². The third-order valence-corrected chi connectivity index (χ3v) is 6.09. The van der Waals surface area contributed by atoms with E-state index in [4.69, 9.17) is 0 Å². The SMILES string of the molecule is O=C(c1ccc(C(=O)N2CCCc3ccccc32)cc1)N1CCCc2ccccc21. The minimum atomic E-state index is -0.00975. The largest absolute Gasteiger partial charge is 0.308 e. The Morgan fingerprint density at radius 2 is 0.967 bits per heavy atom. The Kier molecular flexibility index (Phi) is 4.83. The van der Waals surface area contributed by atoms with Crippen LogP contribution in [0.3, 0.4) is 0 Å². The van der Waals surface area contributed by atoms with Gasteiger partial charge in [0.2, 0.25) is 0 Å². The van der Waals surface area contributed by atoms with Gasteiger partial charge >= 0.3 is 0 Å². The van der Waals surface area contributed by atoms with Gasteiger partial charge in [-0.25, -0.2) is 0 Å². The summed E-state index contributed by atoms with van der Waals surface area (Å²) >= 11 is 0. The van der Waals surface area contributed by atoms with Crippen molar-refractivity contribution in [3.05, 3.63) is 95.1 Å². The van der Waals surface area contributed by atoms with Crippen molar-refractivity contribution in [1.82, 2.24) is 0 Å². The first-order chi connectivity index (χ1) is 14.7. The van der Waals surface area contributed by atoms with Crippen LogP contribution in [0.1, 0.15) is 44.7 Å². The minimum absolute atomic E-state index is 0.00975. The fraction of sp³-hybridized carbons (Fsp3) is 0.231. The van der Waals surface area contributed by atoms with Gasteiger partial charge in [0.05, 0.1) is 0 Å². The number of anilines is 2. The molecule has 0 saturated carbocycles. The molecule has 5 rings (SSSR count). The van der Waals surface area contributed by atoms with Crippen LogP contribution in [0.2, 0.25) is 0 Å². The summed E-state index contributed by atoms with van der Waals surface area (Å²) in [6, 6.07) is 23.3. The summed E-state index contributed by atoms with van der Waals surface area (Å²) < 4.78 is 0. The molecule has 0 bridgehead atoms. The van der Waals surface area contributed by atoms with Gasteiger partial charge in [-0.05, 0) is 73.2 Å². The lowest BCUT2D eigenvalue weighted by molar-refractivity contribution is 0.0974. The standard InChI is InChI=1S/C26H24N2O2/c29-25(27-17-5-9-19-7-1-3-11-23(19)27)21-13-15-22(16-14-21)26(30)28-18-6-10-20-8-2-4-12-24(20)28/h1-4,7-8,11-16H,5-6,9-10,17-18H2. The number of hydrogen-bond donors (Lipinski definition) is 0. The van der Waals surface area contributed by atoms with Crippen LogP contribution in [-0.2, 0) is 12.8 Å². The molecule has 4 heteroatoms. The van der Waals surface area contributed by atoms with Gasteiger partial charge in [0.25, 0.3) is 11.8 Å². The molecule has 2 amide bonds. The predicted molar refractivity (Wildman–Crippen MR) is 119 cm³/mol. The van der Waals surface area contributed by atoms with E-state index in [0.29, 0.717) is 11.1 Å². The third kappa shape index (κ3) is 3.28. The zero-order chi connectivity index (χ0) is 20.5. The molecule has 0 fully saturated rings. The van der Waals surface area contributed by atoms with Crippen LogP contribution in [0.25, 0.3) is 0 Å². The van der Waals surface area contributed by atoms with Crippen LogP contribution >= 0.6 is 0 Å². The first kappa shape index (κ1) is 18.6. The second-order valence-corrected chi connectivity index (χ2v) is 7.96. The van der Waals surface area contributed by atoms with Gasteiger partial charge in [-0.3, -0.25) is 9.59 Å². The summed E-state index contributed by atoms with van der Waals surface area (Å²) in [5.41, 5.74) is 5.66. The fourth-order valence-electron chi connectivity index (χ4n) is 4.56. The van der Waals surface area contributed by atoms with Crippen LogP contribution in [-0.4, -0.2) is 24.9 Å². The smallest absolute Gasteiger partial charge is 0.258 e. The summed E-state index contributed by atoms with van der Waals surface area (Å²) in [4.78, 5) is 30.0. The van der Waals surface area contributed by atoms with Crippen molar-refractivity contribution in [2.75, 3.05) is 22.9 Å². The highest BCUT2D eigenvalue weighted by Gasteiger charge is 2.25. The van der Waals surface area contributed by atoms with Gasteiger partial charge in [-0.15, -0.1) is 0 Å². The Morgan fingerprint density at radius 3 is 1.40 bits per heavy atom. The van der Waals surface area contributed by atoms with Crippen LogP contribution in [0.4, 0.5) is 11.4 Å². The maximum absolute atomic E-state index is 13.1. The van der Waals surface area contributed by atoms with Crippen molar-refractivity contribution >= 4 is 23.2 Å². The molecule has 0 spiro atoms. The van der Waals surface area contributed by atoms with Crippen molar-refractivity contribution in [3.63, 3.8) is 0 Å². The quantitative estimate of drug-likeness (QED) is 0.620. The molecular formula is C26H24N2O2. The molecule has 3 aromatic carbocycles. The lowest BCUT2D eigenvalue weighted by atomic mass is 9.99. The Hall–Kier alpha value is -3.40. The predicted octanol–water partition coefficient (Wildman–Crippen LogP) is 4.87. The van der Waals surface area contributed by atoms with Gasteiger partial charge in [0.1, 0.15) is 0 Å². The summed E-state index contributed by atoms with van der Waals surface area (Å²) in [6.07, 6.45) is 3.94. The number of fused-ring (bicyclic) bond motifs is 2. The molecule has 0 radical (unpaired) electrons. The lowest BCUT2D eigenvalue weighted by Crippen LogP contribution is -2.36. The van der Waals surface area contributed by atoms with Crippen molar-refractivity contribution in [2.24, 2.45) is 0 Å². The molecule has 150 valence electrons. The average Bonchev–Trinajstić information content (AvgIpc) is 2.82. The van der Waals surface area contributed by atoms with Crippen LogP contribution in [0.15, 0.2) is 72.8 Å². The van der Waals surface area contributed by atoms with Gasteiger partial charge in [-0.2, -0.15) is 0 Å². The number of benzene rings is 3. The number of carbonyl (C=O) groups is 2. The van der Waals surface area contributed by atoms with E-state index in [0.717, 1.165) is 50.1 Å². The van der Waals surface area contributed by atoms with Crippen LogP contribution in [0.5, 0.6) is 0 Å². The van der Waals surface area contributed by atoms with E-state index in [1.165, 1.54) is 11.1 Å². The van der Waals surface area contributed by atoms with Crippen molar-refractivity contribution in [3.8, 4) is 0 Å². The normalized spacial score (nSPS) is 15.3. The highest BCUT2D eigenvalue weighted by molar-refractivity contribution is 6.09. The molecule has 0 aromatic heterocycles. The Morgan fingerprint density at radius 1 is 0.567 bits per heavy atom. The van der Waals surface area contributed by atoms with Gasteiger partial charge in [0.15, 0.2) is 0 Å². The summed E-state index contributed by atoms with van der Waals surface area (Å²) in [5, 5.41) is 0. The molecule has 0 atom stereocenters. The van der Waals surface area contributed by atoms with E-state index >= 15 is 0 Å². The number of hydrogen-bond acceptors (Lipinski definition) is 2. The fourth-order valence-corrected chi connectivity index (χ4v) is 4.56. The number of para-hydroxylation sites is 2. The zero-order valence-corrected chi connectivity index (χ0v) is 16.9. The van der Waals surface area contributed by atoms with E-state index in [2.05, 4.69) is 12.1 Å². The molecule has 3 aromatic rings. The van der Waals surface area contributed by atoms with Gasteiger partial charge in [-0.1, -0.05) is 36.4 Å². The van der Waals surface area contributed by atoms with Crippen molar-refractivity contribution in [2.45, 2.75) is 25.7 Å². The number of aryl methyl sites for hydroxylation is 2. The van der Waals surface area contributed by atoms with Gasteiger partial charge in [0, 0.05) is 35.6 Å². The van der Waals surface area contributed by atoms with Crippen molar-refractivity contribution < 1.29 is 9.59 Å².